The number of halogens is 1. The molecule has 1 unspecified atom stereocenters. The van der Waals surface area contributed by atoms with Crippen molar-refractivity contribution in [1.82, 2.24) is 5.32 Å². The summed E-state index contributed by atoms with van der Waals surface area (Å²) in [6.45, 7) is 1.59. The van der Waals surface area contributed by atoms with E-state index in [0.717, 1.165) is 0 Å². The topological polar surface area (TPSA) is 151 Å². The molecule has 1 aromatic carbocycles. The Bertz CT molecular complexity index is 897. The summed E-state index contributed by atoms with van der Waals surface area (Å²) in [6, 6.07) is 6.87. The summed E-state index contributed by atoms with van der Waals surface area (Å²) < 4.78 is 5.53. The van der Waals surface area contributed by atoms with Crippen LogP contribution in [0.4, 0.5) is 0 Å². The van der Waals surface area contributed by atoms with Crippen LogP contribution in [0.3, 0.4) is 0 Å². The maximum Gasteiger partial charge on any atom is 0.294 e. The van der Waals surface area contributed by atoms with Crippen LogP contribution in [-0.2, 0) is 9.63 Å². The number of rotatable bonds is 15. The van der Waals surface area contributed by atoms with Crippen molar-refractivity contribution in [1.29, 1.82) is 0 Å². The molecule has 2 rings (SSSR count). The van der Waals surface area contributed by atoms with E-state index in [9.17, 15) is 30.2 Å². The average molecular weight is 527 g/mol. The van der Waals surface area contributed by atoms with Crippen LogP contribution < -0.4 is 10.1 Å². The number of hydrogen-bond donors (Lipinski definition) is 4. The van der Waals surface area contributed by atoms with Crippen LogP contribution in [0, 0.1) is 22.0 Å². The van der Waals surface area contributed by atoms with E-state index in [1.165, 1.54) is 6.92 Å². The minimum Gasteiger partial charge on any atom is -0.491 e. The molecule has 0 radical (unpaired) electrons. The monoisotopic (exact) mass is 526 g/mol. The second-order valence-electron chi connectivity index (χ2n) is 8.88. The van der Waals surface area contributed by atoms with E-state index >= 15 is 0 Å². The van der Waals surface area contributed by atoms with E-state index < -0.39 is 29.5 Å². The number of carbonyl (C=O) groups is 1. The molecular formula is C25H35ClN2O8. The highest BCUT2D eigenvalue weighted by molar-refractivity contribution is 6.30. The molecule has 1 aliphatic carbocycles. The number of nitrogens with zero attached hydrogens (tertiary/aromatic N) is 1. The molecule has 6 atom stereocenters. The Morgan fingerprint density at radius 1 is 1.33 bits per heavy atom. The van der Waals surface area contributed by atoms with Gasteiger partial charge in [0.15, 0.2) is 0 Å². The molecule has 4 N–H and O–H groups in total. The van der Waals surface area contributed by atoms with E-state index in [1.807, 2.05) is 12.2 Å². The lowest BCUT2D eigenvalue weighted by Crippen LogP contribution is -2.32. The summed E-state index contributed by atoms with van der Waals surface area (Å²) in [6.07, 6.45) is 6.55. The summed E-state index contributed by atoms with van der Waals surface area (Å²) in [5.74, 6) is -0.163. The fourth-order valence-electron chi connectivity index (χ4n) is 4.04. The van der Waals surface area contributed by atoms with Crippen LogP contribution >= 0.6 is 11.6 Å². The lowest BCUT2D eigenvalue weighted by atomic mass is 9.89. The van der Waals surface area contributed by atoms with Crippen LogP contribution in [0.5, 0.6) is 5.75 Å². The van der Waals surface area contributed by atoms with Gasteiger partial charge in [-0.25, -0.2) is 0 Å². The van der Waals surface area contributed by atoms with Gasteiger partial charge in [0.25, 0.3) is 5.09 Å². The normalized spacial score (nSPS) is 23.6. The summed E-state index contributed by atoms with van der Waals surface area (Å²) in [7, 11) is 0. The molecule has 10 nitrogen and oxygen atoms in total. The number of unbranched alkanes of at least 4 members (excludes halogenated alkanes) is 1. The molecule has 0 aliphatic heterocycles. The standard InChI is InChI=1S/C25H35ClN2O8/c1-17(36-28(33)34)15-27-25(32)10-5-3-2-4-9-21-22(24(31)14-23(21)30)12-11-19(29)16-35-20-8-6-7-18(26)13-20/h2,4,6-8,11-13,17,19,21-24,29-31H,3,5,9-10,14-16H2,1H3,(H,27,32)/b4-2-,12-11+/t17?,19-,21-,22-,23+,24-/m1/s1. The molecule has 0 aromatic heterocycles. The van der Waals surface area contributed by atoms with Gasteiger partial charge in [0, 0.05) is 30.3 Å². The van der Waals surface area contributed by atoms with Gasteiger partial charge in [0.1, 0.15) is 24.6 Å². The largest absolute Gasteiger partial charge is 0.491 e. The fourth-order valence-corrected chi connectivity index (χ4v) is 4.22. The van der Waals surface area contributed by atoms with Crippen molar-refractivity contribution in [3.8, 4) is 5.75 Å². The SMILES string of the molecule is CC(CNC(=O)CCC/C=C\C[C@@H]1[C@@H](/C=C/[C@@H](O)COc2cccc(Cl)c2)[C@H](O)C[C@@H]1O)O[N+](=O)[O-]. The Morgan fingerprint density at radius 2 is 2.11 bits per heavy atom. The molecule has 0 spiro atoms. The predicted molar refractivity (Wildman–Crippen MR) is 134 cm³/mol. The molecule has 36 heavy (non-hydrogen) atoms. The van der Waals surface area contributed by atoms with Crippen LogP contribution in [0.25, 0.3) is 0 Å². The van der Waals surface area contributed by atoms with Crippen molar-refractivity contribution in [2.75, 3.05) is 13.2 Å². The van der Waals surface area contributed by atoms with Crippen LogP contribution in [0.15, 0.2) is 48.6 Å². The lowest BCUT2D eigenvalue weighted by molar-refractivity contribution is -0.767. The van der Waals surface area contributed by atoms with Crippen molar-refractivity contribution >= 4 is 17.5 Å². The van der Waals surface area contributed by atoms with Gasteiger partial charge in [-0.15, -0.1) is 10.1 Å². The predicted octanol–water partition coefficient (Wildman–Crippen LogP) is 2.82. The third-order valence-electron chi connectivity index (χ3n) is 5.89. The molecule has 0 bridgehead atoms. The van der Waals surface area contributed by atoms with Gasteiger partial charge in [-0.05, 0) is 50.3 Å². The maximum atomic E-state index is 11.8. The molecule has 11 heteroatoms. The van der Waals surface area contributed by atoms with E-state index in [2.05, 4.69) is 10.2 Å². The van der Waals surface area contributed by atoms with Crippen molar-refractivity contribution in [3.05, 3.63) is 63.7 Å². The van der Waals surface area contributed by atoms with E-state index in [-0.39, 0.29) is 43.7 Å². The van der Waals surface area contributed by atoms with Crippen molar-refractivity contribution in [3.63, 3.8) is 0 Å². The van der Waals surface area contributed by atoms with E-state index in [0.29, 0.717) is 30.0 Å². The molecule has 1 fully saturated rings. The zero-order valence-electron chi connectivity index (χ0n) is 20.2. The van der Waals surface area contributed by atoms with Crippen LogP contribution in [0.2, 0.25) is 5.02 Å². The third-order valence-corrected chi connectivity index (χ3v) is 6.13. The van der Waals surface area contributed by atoms with Gasteiger partial charge < -0.3 is 30.2 Å². The number of hydrogen-bond acceptors (Lipinski definition) is 8. The van der Waals surface area contributed by atoms with Gasteiger partial charge >= 0.3 is 0 Å². The highest BCUT2D eigenvalue weighted by atomic mass is 35.5. The smallest absolute Gasteiger partial charge is 0.294 e. The molecule has 0 heterocycles. The third kappa shape index (κ3) is 10.9. The lowest BCUT2D eigenvalue weighted by Gasteiger charge is -2.19. The first kappa shape index (κ1) is 29.6. The van der Waals surface area contributed by atoms with Gasteiger partial charge in [0.05, 0.1) is 12.2 Å². The van der Waals surface area contributed by atoms with E-state index in [1.54, 1.807) is 36.4 Å². The minimum absolute atomic E-state index is 0.0298. The molecule has 1 aromatic rings. The Hall–Kier alpha value is -2.66. The number of aliphatic hydroxyl groups excluding tert-OH is 3. The summed E-state index contributed by atoms with van der Waals surface area (Å²) in [4.78, 5) is 26.4. The Balaban J connectivity index is 1.72. The first-order chi connectivity index (χ1) is 17.2. The zero-order valence-corrected chi connectivity index (χ0v) is 21.0. The van der Waals surface area contributed by atoms with E-state index in [4.69, 9.17) is 16.3 Å². The van der Waals surface area contributed by atoms with Crippen LogP contribution in [0.1, 0.15) is 39.0 Å². The van der Waals surface area contributed by atoms with Crippen molar-refractivity contribution in [2.45, 2.75) is 63.4 Å². The molecule has 1 amide bonds. The summed E-state index contributed by atoms with van der Waals surface area (Å²) >= 11 is 5.92. The number of carbonyl (C=O) groups excluding carboxylic acids is 1. The second kappa shape index (κ2) is 15.5. The van der Waals surface area contributed by atoms with Gasteiger partial charge in [-0.3, -0.25) is 4.79 Å². The number of amides is 1. The number of nitrogens with one attached hydrogen (secondary N) is 1. The Labute approximate surface area is 215 Å². The molecule has 1 saturated carbocycles. The Kier molecular flexibility index (Phi) is 12.7. The number of ether oxygens (including phenoxy) is 1. The molecular weight excluding hydrogens is 492 g/mol. The van der Waals surface area contributed by atoms with Gasteiger partial charge in [0.2, 0.25) is 5.91 Å². The highest BCUT2D eigenvalue weighted by Gasteiger charge is 2.39. The van der Waals surface area contributed by atoms with Gasteiger partial charge in [-0.1, -0.05) is 42.0 Å². The molecule has 200 valence electrons. The average Bonchev–Trinajstić information content (AvgIpc) is 3.08. The minimum atomic E-state index is -0.887. The highest BCUT2D eigenvalue weighted by Crippen LogP contribution is 2.36. The maximum absolute atomic E-state index is 11.8. The van der Waals surface area contributed by atoms with Crippen molar-refractivity contribution < 1.29 is 34.8 Å². The molecule has 0 saturated heterocycles. The van der Waals surface area contributed by atoms with Gasteiger partial charge in [-0.2, -0.15) is 0 Å². The first-order valence-corrected chi connectivity index (χ1v) is 12.4. The van der Waals surface area contributed by atoms with Crippen LogP contribution in [-0.4, -0.2) is 63.9 Å². The van der Waals surface area contributed by atoms with Crippen molar-refractivity contribution in [2.24, 2.45) is 11.8 Å². The quantitative estimate of drug-likeness (QED) is 0.118. The summed E-state index contributed by atoms with van der Waals surface area (Å²) in [5, 5.41) is 43.5. The number of benzene rings is 1. The zero-order chi connectivity index (χ0) is 26.5. The number of aliphatic hydroxyl groups is 3. The Morgan fingerprint density at radius 3 is 2.83 bits per heavy atom. The summed E-state index contributed by atoms with van der Waals surface area (Å²) in [5.41, 5.74) is 0. The molecule has 1 aliphatic rings. The second-order valence-corrected chi connectivity index (χ2v) is 9.31. The fraction of sp³-hybridized carbons (Fsp3) is 0.560. The first-order valence-electron chi connectivity index (χ1n) is 12.0. The number of allylic oxidation sites excluding steroid dienone is 2.